The zero-order valence-corrected chi connectivity index (χ0v) is 14.7. The van der Waals surface area contributed by atoms with Gasteiger partial charge in [-0.15, -0.1) is 0 Å². The Labute approximate surface area is 141 Å². The van der Waals surface area contributed by atoms with Gasteiger partial charge < -0.3 is 10.4 Å². The lowest BCUT2D eigenvalue weighted by Gasteiger charge is -2.21. The first-order valence-corrected chi connectivity index (χ1v) is 9.20. The number of aliphatic carboxylic acids is 1. The second kappa shape index (κ2) is 6.90. The van der Waals surface area contributed by atoms with Gasteiger partial charge in [-0.3, -0.25) is 4.79 Å². The average molecular weight is 354 g/mol. The molecule has 1 amide bonds. The molecule has 2 rings (SSSR count). The topological polar surface area (TPSA) is 104 Å². The first-order valence-electron chi connectivity index (χ1n) is 7.76. The summed E-state index contributed by atoms with van der Waals surface area (Å²) < 4.78 is 26.2. The maximum Gasteiger partial charge on any atom is 0.326 e. The molecule has 2 N–H and O–H groups in total. The molecular weight excluding hydrogens is 332 g/mol. The highest BCUT2D eigenvalue weighted by Crippen LogP contribution is 2.33. The molecule has 1 fully saturated rings. The zero-order chi connectivity index (χ0) is 18.1. The molecule has 8 heteroatoms. The van der Waals surface area contributed by atoms with Crippen molar-refractivity contribution in [2.24, 2.45) is 5.92 Å². The second-order valence-corrected chi connectivity index (χ2v) is 8.27. The van der Waals surface area contributed by atoms with Crippen molar-refractivity contribution < 1.29 is 23.1 Å². The molecule has 7 nitrogen and oxygen atoms in total. The predicted octanol–water partition coefficient (Wildman–Crippen LogP) is 1.31. The third-order valence-electron chi connectivity index (χ3n) is 4.15. The van der Waals surface area contributed by atoms with Crippen molar-refractivity contribution in [1.82, 2.24) is 9.62 Å². The molecule has 132 valence electrons. The highest BCUT2D eigenvalue weighted by molar-refractivity contribution is 7.89. The molecule has 1 aromatic rings. The predicted molar refractivity (Wildman–Crippen MR) is 88.1 cm³/mol. The van der Waals surface area contributed by atoms with Gasteiger partial charge in [-0.05, 0) is 50.8 Å². The molecule has 0 radical (unpaired) electrons. The quantitative estimate of drug-likeness (QED) is 0.768. The second-order valence-electron chi connectivity index (χ2n) is 6.27. The first-order chi connectivity index (χ1) is 11.1. The van der Waals surface area contributed by atoms with E-state index in [9.17, 15) is 23.1 Å². The van der Waals surface area contributed by atoms with Crippen LogP contribution in [0.3, 0.4) is 0 Å². The molecule has 0 spiro atoms. The number of carbonyl (C=O) groups excluding carboxylic acids is 1. The third kappa shape index (κ3) is 3.93. The number of benzene rings is 1. The molecule has 1 aliphatic rings. The van der Waals surface area contributed by atoms with Crippen LogP contribution in [0.25, 0.3) is 0 Å². The van der Waals surface area contributed by atoms with Crippen LogP contribution in [-0.4, -0.2) is 48.8 Å². The first kappa shape index (κ1) is 18.4. The molecule has 1 aromatic carbocycles. The van der Waals surface area contributed by atoms with Gasteiger partial charge in [0.2, 0.25) is 10.0 Å². The van der Waals surface area contributed by atoms with E-state index in [1.165, 1.54) is 35.6 Å². The summed E-state index contributed by atoms with van der Waals surface area (Å²) in [5.41, 5.74) is 0.125. The number of carbonyl (C=O) groups is 2. The van der Waals surface area contributed by atoms with Gasteiger partial charge >= 0.3 is 5.97 Å². The minimum Gasteiger partial charge on any atom is -0.480 e. The Bertz CT molecular complexity index is 741. The largest absolute Gasteiger partial charge is 0.480 e. The van der Waals surface area contributed by atoms with Crippen molar-refractivity contribution in [2.45, 2.75) is 43.7 Å². The fraction of sp³-hybridized carbons (Fsp3) is 0.500. The van der Waals surface area contributed by atoms with Gasteiger partial charge in [0.25, 0.3) is 5.91 Å². The normalized spacial score (nSPS) is 16.2. The summed E-state index contributed by atoms with van der Waals surface area (Å²) in [4.78, 5) is 23.5. The van der Waals surface area contributed by atoms with Gasteiger partial charge in [0, 0.05) is 18.7 Å². The zero-order valence-electron chi connectivity index (χ0n) is 13.9. The monoisotopic (exact) mass is 354 g/mol. The molecule has 24 heavy (non-hydrogen) atoms. The number of nitrogens with one attached hydrogen (secondary N) is 1. The van der Waals surface area contributed by atoms with E-state index in [2.05, 4.69) is 5.32 Å². The smallest absolute Gasteiger partial charge is 0.326 e. The van der Waals surface area contributed by atoms with Crippen molar-refractivity contribution in [3.63, 3.8) is 0 Å². The summed E-state index contributed by atoms with van der Waals surface area (Å²) in [6.07, 6.45) is 1.54. The fourth-order valence-electron chi connectivity index (χ4n) is 2.28. The minimum atomic E-state index is -3.71. The lowest BCUT2D eigenvalue weighted by molar-refractivity contribution is -0.139. The highest BCUT2D eigenvalue weighted by Gasteiger charge is 2.37. The molecule has 0 saturated heterocycles. The van der Waals surface area contributed by atoms with Gasteiger partial charge in [-0.1, -0.05) is 6.07 Å². The summed E-state index contributed by atoms with van der Waals surface area (Å²) in [5, 5.41) is 11.7. The van der Waals surface area contributed by atoms with Gasteiger partial charge in [0.05, 0.1) is 4.90 Å². The summed E-state index contributed by atoms with van der Waals surface area (Å²) in [7, 11) is -2.23. The standard InChI is InChI=1S/C16H22N2O5S/c1-10(2)18(3)24(22,23)13-6-4-5-12(9-13)15(19)17-14(16(20)21)11-7-8-11/h4-6,9-11,14H,7-8H2,1-3H3,(H,17,19)(H,20,21). The fourth-order valence-corrected chi connectivity index (χ4v) is 3.69. The van der Waals surface area contributed by atoms with Crippen LogP contribution in [0.5, 0.6) is 0 Å². The number of nitrogens with zero attached hydrogens (tertiary/aromatic N) is 1. The summed E-state index contributed by atoms with van der Waals surface area (Å²) >= 11 is 0. The molecule has 1 unspecified atom stereocenters. The van der Waals surface area contributed by atoms with E-state index in [0.29, 0.717) is 0 Å². The summed E-state index contributed by atoms with van der Waals surface area (Å²) in [5.74, 6) is -1.71. The highest BCUT2D eigenvalue weighted by atomic mass is 32.2. The van der Waals surface area contributed by atoms with Crippen LogP contribution in [0.2, 0.25) is 0 Å². The van der Waals surface area contributed by atoms with E-state index < -0.39 is 27.9 Å². The Balaban J connectivity index is 2.23. The van der Waals surface area contributed by atoms with E-state index >= 15 is 0 Å². The van der Waals surface area contributed by atoms with Gasteiger partial charge in [0.1, 0.15) is 6.04 Å². The SMILES string of the molecule is CC(C)N(C)S(=O)(=O)c1cccc(C(=O)NC(C(=O)O)C2CC2)c1. The van der Waals surface area contributed by atoms with E-state index in [1.54, 1.807) is 13.8 Å². The van der Waals surface area contributed by atoms with Crippen LogP contribution < -0.4 is 5.32 Å². The Morgan fingerprint density at radius 3 is 2.42 bits per heavy atom. The van der Waals surface area contributed by atoms with Crippen LogP contribution >= 0.6 is 0 Å². The molecule has 1 saturated carbocycles. The maximum absolute atomic E-state index is 12.5. The Morgan fingerprint density at radius 2 is 1.92 bits per heavy atom. The maximum atomic E-state index is 12.5. The van der Waals surface area contributed by atoms with Crippen LogP contribution in [-0.2, 0) is 14.8 Å². The Morgan fingerprint density at radius 1 is 1.29 bits per heavy atom. The van der Waals surface area contributed by atoms with E-state index in [0.717, 1.165) is 12.8 Å². The van der Waals surface area contributed by atoms with Crippen LogP contribution in [0.1, 0.15) is 37.0 Å². The Kier molecular flexibility index (Phi) is 5.29. The van der Waals surface area contributed by atoms with E-state index in [-0.39, 0.29) is 22.4 Å². The summed E-state index contributed by atoms with van der Waals surface area (Å²) in [6, 6.07) is 4.48. The molecule has 1 atom stereocenters. The van der Waals surface area contributed by atoms with Crippen molar-refractivity contribution in [2.75, 3.05) is 7.05 Å². The van der Waals surface area contributed by atoms with Crippen LogP contribution in [0.15, 0.2) is 29.2 Å². The number of amides is 1. The Hall–Kier alpha value is -1.93. The van der Waals surface area contributed by atoms with E-state index in [4.69, 9.17) is 0 Å². The molecule has 0 heterocycles. The average Bonchev–Trinajstić information content (AvgIpc) is 3.35. The lowest BCUT2D eigenvalue weighted by Crippen LogP contribution is -2.42. The molecule has 0 aliphatic heterocycles. The number of rotatable bonds is 7. The van der Waals surface area contributed by atoms with Gasteiger partial charge in [-0.25, -0.2) is 13.2 Å². The van der Waals surface area contributed by atoms with Crippen molar-refractivity contribution in [1.29, 1.82) is 0 Å². The third-order valence-corrected chi connectivity index (χ3v) is 6.18. The van der Waals surface area contributed by atoms with Crippen LogP contribution in [0.4, 0.5) is 0 Å². The van der Waals surface area contributed by atoms with Crippen molar-refractivity contribution in [3.8, 4) is 0 Å². The lowest BCUT2D eigenvalue weighted by atomic mass is 10.1. The van der Waals surface area contributed by atoms with Crippen molar-refractivity contribution in [3.05, 3.63) is 29.8 Å². The van der Waals surface area contributed by atoms with Gasteiger partial charge in [-0.2, -0.15) is 4.31 Å². The number of sulfonamides is 1. The molecule has 1 aliphatic carbocycles. The van der Waals surface area contributed by atoms with E-state index in [1.807, 2.05) is 0 Å². The summed E-state index contributed by atoms with van der Waals surface area (Å²) in [6.45, 7) is 3.50. The number of carboxylic acids is 1. The minimum absolute atomic E-state index is 0.00430. The van der Waals surface area contributed by atoms with Gasteiger partial charge in [0.15, 0.2) is 0 Å². The molecule has 0 aromatic heterocycles. The number of hydrogen-bond acceptors (Lipinski definition) is 4. The van der Waals surface area contributed by atoms with Crippen molar-refractivity contribution >= 4 is 21.9 Å². The molecule has 0 bridgehead atoms. The molecular formula is C16H22N2O5S. The number of hydrogen-bond donors (Lipinski definition) is 2. The number of carboxylic acid groups (broad SMARTS) is 1. The van der Waals surface area contributed by atoms with Crippen LogP contribution in [0, 0.1) is 5.92 Å².